The monoisotopic (exact) mass is 393 g/mol. The topological polar surface area (TPSA) is 37.4 Å². The van der Waals surface area contributed by atoms with Crippen LogP contribution in [0.5, 0.6) is 0 Å². The van der Waals surface area contributed by atoms with Gasteiger partial charge in [0.1, 0.15) is 0 Å². The minimum Gasteiger partial charge on any atom is -0.207 e. The van der Waals surface area contributed by atoms with E-state index in [0.717, 1.165) is 4.47 Å². The summed E-state index contributed by atoms with van der Waals surface area (Å²) >= 11 is 6.56. The van der Waals surface area contributed by atoms with Crippen molar-refractivity contribution in [3.05, 3.63) is 52.5 Å². The van der Waals surface area contributed by atoms with E-state index in [4.69, 9.17) is 0 Å². The Morgan fingerprint density at radius 3 is 2.17 bits per heavy atom. The molecule has 0 spiro atoms. The van der Waals surface area contributed by atoms with Gasteiger partial charge in [0.25, 0.3) is 0 Å². The molecule has 0 heterocycles. The van der Waals surface area contributed by atoms with Gasteiger partial charge in [-0.3, -0.25) is 0 Å². The molecule has 0 aliphatic heterocycles. The van der Waals surface area contributed by atoms with E-state index in [-0.39, 0.29) is 18.0 Å². The van der Waals surface area contributed by atoms with E-state index >= 15 is 0 Å². The second-order valence-electron chi connectivity index (χ2n) is 3.47. The Labute approximate surface area is 124 Å². The van der Waals surface area contributed by atoms with Gasteiger partial charge in [0.15, 0.2) is 0 Å². The minimum atomic E-state index is -3.55. The quantitative estimate of drug-likeness (QED) is 0.691. The SMILES string of the molecule is C=CCN(CC=C)S(=O)(=O)c1ccc(Br)cc1Br. The molecular formula is C12H13Br2NO2S. The van der Waals surface area contributed by atoms with E-state index in [9.17, 15) is 8.42 Å². The maximum absolute atomic E-state index is 12.4. The van der Waals surface area contributed by atoms with E-state index in [2.05, 4.69) is 45.0 Å². The van der Waals surface area contributed by atoms with Crippen molar-refractivity contribution in [2.24, 2.45) is 0 Å². The summed E-state index contributed by atoms with van der Waals surface area (Å²) in [5.41, 5.74) is 0. The van der Waals surface area contributed by atoms with Gasteiger partial charge in [-0.2, -0.15) is 4.31 Å². The average Bonchev–Trinajstić information content (AvgIpc) is 2.28. The van der Waals surface area contributed by atoms with Crippen LogP contribution in [0, 0.1) is 0 Å². The molecule has 0 fully saturated rings. The van der Waals surface area contributed by atoms with Gasteiger partial charge in [-0.25, -0.2) is 8.42 Å². The van der Waals surface area contributed by atoms with Gasteiger partial charge >= 0.3 is 0 Å². The normalized spacial score (nSPS) is 11.5. The van der Waals surface area contributed by atoms with Crippen molar-refractivity contribution in [1.82, 2.24) is 4.31 Å². The Morgan fingerprint density at radius 2 is 1.72 bits per heavy atom. The van der Waals surface area contributed by atoms with Crippen LogP contribution in [-0.2, 0) is 10.0 Å². The van der Waals surface area contributed by atoms with E-state index in [1.165, 1.54) is 4.31 Å². The van der Waals surface area contributed by atoms with Gasteiger partial charge < -0.3 is 0 Å². The average molecular weight is 395 g/mol. The fourth-order valence-electron chi connectivity index (χ4n) is 1.38. The van der Waals surface area contributed by atoms with Crippen molar-refractivity contribution in [3.8, 4) is 0 Å². The molecule has 0 saturated carbocycles. The second kappa shape index (κ2) is 6.65. The van der Waals surface area contributed by atoms with Gasteiger partial charge in [0.2, 0.25) is 10.0 Å². The summed E-state index contributed by atoms with van der Waals surface area (Å²) in [6.45, 7) is 7.63. The molecule has 1 rings (SSSR count). The van der Waals surface area contributed by atoms with Crippen LogP contribution in [-0.4, -0.2) is 25.8 Å². The van der Waals surface area contributed by atoms with Crippen LogP contribution in [0.2, 0.25) is 0 Å². The lowest BCUT2D eigenvalue weighted by Crippen LogP contribution is -2.31. The summed E-state index contributed by atoms with van der Waals surface area (Å²) in [6, 6.07) is 4.95. The van der Waals surface area contributed by atoms with Gasteiger partial charge in [-0.05, 0) is 34.1 Å². The number of nitrogens with zero attached hydrogens (tertiary/aromatic N) is 1. The standard InChI is InChI=1S/C12H13Br2NO2S/c1-3-7-15(8-4-2)18(16,17)12-6-5-10(13)9-11(12)14/h3-6,9H,1-2,7-8H2. The third kappa shape index (κ3) is 3.54. The zero-order valence-corrected chi connectivity index (χ0v) is 13.6. The summed E-state index contributed by atoms with van der Waals surface area (Å²) in [5.74, 6) is 0. The molecule has 3 nitrogen and oxygen atoms in total. The van der Waals surface area contributed by atoms with Crippen LogP contribution in [0.1, 0.15) is 0 Å². The van der Waals surface area contributed by atoms with Crippen molar-refractivity contribution in [3.63, 3.8) is 0 Å². The molecule has 0 aliphatic rings. The first-order valence-electron chi connectivity index (χ1n) is 5.10. The summed E-state index contributed by atoms with van der Waals surface area (Å²) in [7, 11) is -3.55. The van der Waals surface area contributed by atoms with E-state index < -0.39 is 10.0 Å². The highest BCUT2D eigenvalue weighted by atomic mass is 79.9. The Kier molecular flexibility index (Phi) is 5.78. The predicted octanol–water partition coefficient (Wildman–Crippen LogP) is 3.57. The molecule has 0 aromatic heterocycles. The zero-order valence-electron chi connectivity index (χ0n) is 9.64. The summed E-state index contributed by atoms with van der Waals surface area (Å²) in [4.78, 5) is 0.231. The van der Waals surface area contributed by atoms with Crippen LogP contribution in [0.4, 0.5) is 0 Å². The molecule has 0 N–H and O–H groups in total. The third-order valence-electron chi connectivity index (χ3n) is 2.18. The third-order valence-corrected chi connectivity index (χ3v) is 5.48. The molecule has 6 heteroatoms. The molecule has 1 aromatic carbocycles. The molecule has 0 unspecified atom stereocenters. The van der Waals surface area contributed by atoms with Crippen molar-refractivity contribution >= 4 is 41.9 Å². The van der Waals surface area contributed by atoms with Crippen LogP contribution >= 0.6 is 31.9 Å². The maximum Gasteiger partial charge on any atom is 0.244 e. The Hall–Kier alpha value is -0.430. The Morgan fingerprint density at radius 1 is 1.17 bits per heavy atom. The van der Waals surface area contributed by atoms with Gasteiger partial charge in [-0.15, -0.1) is 13.2 Å². The first kappa shape index (κ1) is 15.6. The number of benzene rings is 1. The summed E-state index contributed by atoms with van der Waals surface area (Å²) in [6.07, 6.45) is 3.10. The van der Waals surface area contributed by atoms with E-state index in [0.29, 0.717) is 4.47 Å². The molecule has 0 aliphatic carbocycles. The molecule has 0 atom stereocenters. The van der Waals surface area contributed by atoms with Crippen LogP contribution in [0.25, 0.3) is 0 Å². The second-order valence-corrected chi connectivity index (χ2v) is 7.15. The lowest BCUT2D eigenvalue weighted by molar-refractivity contribution is 0.474. The maximum atomic E-state index is 12.4. The highest BCUT2D eigenvalue weighted by molar-refractivity contribution is 9.11. The molecule has 0 bridgehead atoms. The van der Waals surface area contributed by atoms with Gasteiger partial charge in [0, 0.05) is 22.0 Å². The van der Waals surface area contributed by atoms with Crippen LogP contribution < -0.4 is 0 Å². The number of halogens is 2. The highest BCUT2D eigenvalue weighted by Gasteiger charge is 2.24. The minimum absolute atomic E-state index is 0.231. The Balaban J connectivity index is 3.25. The number of hydrogen-bond donors (Lipinski definition) is 0. The molecular weight excluding hydrogens is 382 g/mol. The summed E-state index contributed by atoms with van der Waals surface area (Å²) in [5, 5.41) is 0. The van der Waals surface area contributed by atoms with E-state index in [1.807, 2.05) is 0 Å². The van der Waals surface area contributed by atoms with Crippen molar-refractivity contribution in [2.45, 2.75) is 4.90 Å². The molecule has 0 amide bonds. The molecule has 0 saturated heterocycles. The van der Waals surface area contributed by atoms with Crippen molar-refractivity contribution < 1.29 is 8.42 Å². The fourth-order valence-corrected chi connectivity index (χ4v) is 4.47. The summed E-state index contributed by atoms with van der Waals surface area (Å²) < 4.78 is 27.5. The largest absolute Gasteiger partial charge is 0.244 e. The fraction of sp³-hybridized carbons (Fsp3) is 0.167. The Bertz CT molecular complexity index is 545. The molecule has 1 aromatic rings. The van der Waals surface area contributed by atoms with Crippen LogP contribution in [0.15, 0.2) is 57.3 Å². The first-order valence-corrected chi connectivity index (χ1v) is 8.13. The lowest BCUT2D eigenvalue weighted by atomic mass is 10.4. The number of hydrogen-bond acceptors (Lipinski definition) is 2. The van der Waals surface area contributed by atoms with Crippen LogP contribution in [0.3, 0.4) is 0 Å². The van der Waals surface area contributed by atoms with E-state index in [1.54, 1.807) is 30.4 Å². The smallest absolute Gasteiger partial charge is 0.207 e. The molecule has 98 valence electrons. The zero-order chi connectivity index (χ0) is 13.8. The van der Waals surface area contributed by atoms with Crippen molar-refractivity contribution in [1.29, 1.82) is 0 Å². The first-order chi connectivity index (χ1) is 8.43. The molecule has 18 heavy (non-hydrogen) atoms. The lowest BCUT2D eigenvalue weighted by Gasteiger charge is -2.19. The molecule has 0 radical (unpaired) electrons. The number of rotatable bonds is 6. The highest BCUT2D eigenvalue weighted by Crippen LogP contribution is 2.28. The number of sulfonamides is 1. The van der Waals surface area contributed by atoms with Gasteiger partial charge in [0.05, 0.1) is 4.90 Å². The predicted molar refractivity (Wildman–Crippen MR) is 81.0 cm³/mol. The van der Waals surface area contributed by atoms with Crippen molar-refractivity contribution in [2.75, 3.05) is 13.1 Å². The van der Waals surface area contributed by atoms with Gasteiger partial charge in [-0.1, -0.05) is 28.1 Å².